The van der Waals surface area contributed by atoms with Crippen molar-refractivity contribution in [3.05, 3.63) is 0 Å². The Balaban J connectivity index is 2.45. The van der Waals surface area contributed by atoms with Gasteiger partial charge in [0.05, 0.1) is 8.07 Å². The molecule has 0 saturated carbocycles. The van der Waals surface area contributed by atoms with Crippen molar-refractivity contribution < 1.29 is 9.90 Å². The van der Waals surface area contributed by atoms with Crippen molar-refractivity contribution in [2.45, 2.75) is 50.4 Å². The Labute approximate surface area is 93.1 Å². The minimum Gasteiger partial charge on any atom is -0.481 e. The molecular weight excluding hydrogens is 206 g/mol. The van der Waals surface area contributed by atoms with Gasteiger partial charge in [-0.15, -0.1) is 0 Å². The van der Waals surface area contributed by atoms with Crippen LogP contribution < -0.4 is 5.73 Å². The van der Waals surface area contributed by atoms with E-state index in [4.69, 9.17) is 10.8 Å². The third kappa shape index (κ3) is 4.34. The van der Waals surface area contributed by atoms with E-state index in [-0.39, 0.29) is 12.3 Å². The van der Waals surface area contributed by atoms with Crippen LogP contribution in [0.2, 0.25) is 24.7 Å². The molecule has 4 heteroatoms. The number of carbonyl (C=O) groups is 1. The van der Waals surface area contributed by atoms with Crippen LogP contribution in [0.1, 0.15) is 25.7 Å². The SMILES string of the molecule is C[Si]1(CC(CN)CC(=O)O)CCCCC1. The van der Waals surface area contributed by atoms with Crippen LogP contribution in [0.5, 0.6) is 0 Å². The van der Waals surface area contributed by atoms with Gasteiger partial charge < -0.3 is 10.8 Å². The highest BCUT2D eigenvalue weighted by atomic mass is 28.3. The van der Waals surface area contributed by atoms with E-state index >= 15 is 0 Å². The van der Waals surface area contributed by atoms with Crippen molar-refractivity contribution in [2.24, 2.45) is 11.7 Å². The molecule has 1 aliphatic heterocycles. The van der Waals surface area contributed by atoms with Gasteiger partial charge in [0, 0.05) is 6.42 Å². The predicted octanol–water partition coefficient (Wildman–Crippen LogP) is 2.30. The van der Waals surface area contributed by atoms with Crippen LogP contribution >= 0.6 is 0 Å². The van der Waals surface area contributed by atoms with E-state index in [1.807, 2.05) is 0 Å². The zero-order chi connectivity index (χ0) is 11.3. The second-order valence-electron chi connectivity index (χ2n) is 5.28. The third-order valence-corrected chi connectivity index (χ3v) is 8.32. The van der Waals surface area contributed by atoms with Crippen LogP contribution in [0.25, 0.3) is 0 Å². The standard InChI is InChI=1S/C11H23NO2Si/c1-15(5-3-2-4-6-15)9-10(8-12)7-11(13)14/h10H,2-9,12H2,1H3,(H,13,14). The molecule has 3 nitrogen and oxygen atoms in total. The smallest absolute Gasteiger partial charge is 0.303 e. The average Bonchev–Trinajstić information content (AvgIpc) is 2.16. The lowest BCUT2D eigenvalue weighted by molar-refractivity contribution is -0.137. The van der Waals surface area contributed by atoms with E-state index in [1.165, 1.54) is 31.4 Å². The highest BCUT2D eigenvalue weighted by Gasteiger charge is 2.32. The van der Waals surface area contributed by atoms with Crippen molar-refractivity contribution in [3.63, 3.8) is 0 Å². The molecule has 1 rings (SSSR count). The molecule has 0 aliphatic carbocycles. The van der Waals surface area contributed by atoms with Gasteiger partial charge in [-0.3, -0.25) is 4.79 Å². The quantitative estimate of drug-likeness (QED) is 0.711. The Hall–Kier alpha value is -0.353. The number of hydrogen-bond donors (Lipinski definition) is 2. The van der Waals surface area contributed by atoms with Crippen molar-refractivity contribution in [1.29, 1.82) is 0 Å². The van der Waals surface area contributed by atoms with Crippen molar-refractivity contribution in [2.75, 3.05) is 6.54 Å². The largest absolute Gasteiger partial charge is 0.481 e. The maximum atomic E-state index is 10.7. The van der Waals surface area contributed by atoms with Gasteiger partial charge in [-0.25, -0.2) is 0 Å². The first kappa shape index (κ1) is 12.7. The molecule has 0 aromatic heterocycles. The van der Waals surface area contributed by atoms with Gasteiger partial charge in [-0.1, -0.05) is 43.9 Å². The van der Waals surface area contributed by atoms with Gasteiger partial charge in [0.1, 0.15) is 0 Å². The van der Waals surface area contributed by atoms with E-state index in [9.17, 15) is 4.79 Å². The highest BCUT2D eigenvalue weighted by molar-refractivity contribution is 6.78. The fraction of sp³-hybridized carbons (Fsp3) is 0.909. The Bertz CT molecular complexity index is 215. The summed E-state index contributed by atoms with van der Waals surface area (Å²) in [6.07, 6.45) is 4.34. The number of carboxylic acid groups (broad SMARTS) is 1. The zero-order valence-electron chi connectivity index (χ0n) is 9.67. The van der Waals surface area contributed by atoms with E-state index in [0.29, 0.717) is 6.54 Å². The molecular formula is C11H23NO2Si. The molecule has 0 bridgehead atoms. The molecule has 1 heterocycles. The van der Waals surface area contributed by atoms with Crippen LogP contribution in [-0.4, -0.2) is 25.7 Å². The van der Waals surface area contributed by atoms with Crippen molar-refractivity contribution in [3.8, 4) is 0 Å². The summed E-state index contributed by atoms with van der Waals surface area (Å²) in [6, 6.07) is 3.88. The molecule has 3 N–H and O–H groups in total. The van der Waals surface area contributed by atoms with E-state index < -0.39 is 14.0 Å². The van der Waals surface area contributed by atoms with Gasteiger partial charge in [0.25, 0.3) is 0 Å². The predicted molar refractivity (Wildman–Crippen MR) is 64.7 cm³/mol. The zero-order valence-corrected chi connectivity index (χ0v) is 10.7. The van der Waals surface area contributed by atoms with Crippen molar-refractivity contribution in [1.82, 2.24) is 0 Å². The van der Waals surface area contributed by atoms with E-state index in [0.717, 1.165) is 6.04 Å². The summed E-state index contributed by atoms with van der Waals surface area (Å²) in [5, 5.41) is 8.79. The summed E-state index contributed by atoms with van der Waals surface area (Å²) < 4.78 is 0. The van der Waals surface area contributed by atoms with Gasteiger partial charge in [-0.05, 0) is 12.5 Å². The second kappa shape index (κ2) is 5.65. The van der Waals surface area contributed by atoms with E-state index in [2.05, 4.69) is 6.55 Å². The fourth-order valence-electron chi connectivity index (χ4n) is 2.79. The van der Waals surface area contributed by atoms with E-state index in [1.54, 1.807) is 0 Å². The minimum absolute atomic E-state index is 0.220. The molecule has 0 aromatic carbocycles. The molecule has 1 aliphatic rings. The molecule has 0 radical (unpaired) electrons. The molecule has 88 valence electrons. The molecule has 1 unspecified atom stereocenters. The molecule has 15 heavy (non-hydrogen) atoms. The fourth-order valence-corrected chi connectivity index (χ4v) is 7.36. The van der Waals surface area contributed by atoms with Crippen LogP contribution in [0.4, 0.5) is 0 Å². The first-order chi connectivity index (χ1) is 7.06. The topological polar surface area (TPSA) is 63.3 Å². The van der Waals surface area contributed by atoms with Crippen LogP contribution in [-0.2, 0) is 4.79 Å². The Morgan fingerprint density at radius 1 is 1.40 bits per heavy atom. The average molecular weight is 229 g/mol. The van der Waals surface area contributed by atoms with Crippen molar-refractivity contribution >= 4 is 14.0 Å². The first-order valence-corrected chi connectivity index (χ1v) is 9.10. The number of carboxylic acids is 1. The molecule has 1 saturated heterocycles. The normalized spacial score (nSPS) is 22.3. The van der Waals surface area contributed by atoms with Crippen LogP contribution in [0.15, 0.2) is 0 Å². The van der Waals surface area contributed by atoms with Crippen LogP contribution in [0, 0.1) is 5.92 Å². The third-order valence-electron chi connectivity index (χ3n) is 3.64. The van der Waals surface area contributed by atoms with Gasteiger partial charge >= 0.3 is 5.97 Å². The summed E-state index contributed by atoms with van der Waals surface area (Å²) in [7, 11) is -1.13. The Kier molecular flexibility index (Phi) is 4.79. The lowest BCUT2D eigenvalue weighted by Crippen LogP contribution is -2.37. The molecule has 0 aromatic rings. The van der Waals surface area contributed by atoms with Gasteiger partial charge in [-0.2, -0.15) is 0 Å². The first-order valence-electron chi connectivity index (χ1n) is 5.97. The summed E-state index contributed by atoms with van der Waals surface area (Å²) >= 11 is 0. The maximum Gasteiger partial charge on any atom is 0.303 e. The monoisotopic (exact) mass is 229 g/mol. The highest BCUT2D eigenvalue weighted by Crippen LogP contribution is 2.34. The summed E-state index contributed by atoms with van der Waals surface area (Å²) in [6.45, 7) is 2.96. The summed E-state index contributed by atoms with van der Waals surface area (Å²) in [5.74, 6) is -0.476. The van der Waals surface area contributed by atoms with Gasteiger partial charge in [0.15, 0.2) is 0 Å². The number of aliphatic carboxylic acids is 1. The molecule has 1 fully saturated rings. The Morgan fingerprint density at radius 3 is 2.47 bits per heavy atom. The number of rotatable bonds is 5. The van der Waals surface area contributed by atoms with Crippen LogP contribution in [0.3, 0.4) is 0 Å². The maximum absolute atomic E-state index is 10.7. The minimum atomic E-state index is -1.13. The summed E-state index contributed by atoms with van der Waals surface area (Å²) in [4.78, 5) is 10.7. The van der Waals surface area contributed by atoms with Gasteiger partial charge in [0.2, 0.25) is 0 Å². The lowest BCUT2D eigenvalue weighted by Gasteiger charge is -2.34. The number of hydrogen-bond acceptors (Lipinski definition) is 2. The molecule has 1 atom stereocenters. The summed E-state index contributed by atoms with van der Waals surface area (Å²) in [5.41, 5.74) is 5.66. The lowest BCUT2D eigenvalue weighted by atomic mass is 10.1. The second-order valence-corrected chi connectivity index (χ2v) is 10.3. The number of nitrogens with two attached hydrogens (primary N) is 1. The molecule has 0 amide bonds. The molecule has 0 spiro atoms. The Morgan fingerprint density at radius 2 is 2.00 bits per heavy atom.